The van der Waals surface area contributed by atoms with Crippen LogP contribution in [0.4, 0.5) is 0 Å². The summed E-state index contributed by atoms with van der Waals surface area (Å²) in [6, 6.07) is 0. The van der Waals surface area contributed by atoms with Gasteiger partial charge in [0.1, 0.15) is 0 Å². The quantitative estimate of drug-likeness (QED) is 0.521. The minimum atomic E-state index is 0.509. The zero-order valence-electron chi connectivity index (χ0n) is 9.30. The number of hydrogen-bond donors (Lipinski definition) is 1. The fourth-order valence-electron chi connectivity index (χ4n) is 2.31. The Morgan fingerprint density at radius 2 is 2.21 bits per heavy atom. The van der Waals surface area contributed by atoms with Crippen LogP contribution in [0.25, 0.3) is 0 Å². The zero-order valence-corrected chi connectivity index (χ0v) is 9.30. The third kappa shape index (κ3) is 3.81. The van der Waals surface area contributed by atoms with Crippen molar-refractivity contribution in [1.82, 2.24) is 5.32 Å². The van der Waals surface area contributed by atoms with E-state index in [1.165, 1.54) is 32.1 Å². The molecule has 82 valence electrons. The maximum Gasteiger partial charge on any atom is 0.0600 e. The summed E-state index contributed by atoms with van der Waals surface area (Å²) in [5.41, 5.74) is 0. The zero-order chi connectivity index (χ0) is 10.2. The van der Waals surface area contributed by atoms with Crippen LogP contribution in [0, 0.1) is 5.92 Å². The van der Waals surface area contributed by atoms with Crippen LogP contribution in [0.5, 0.6) is 0 Å². The molecule has 0 aliphatic heterocycles. The predicted octanol–water partition coefficient (Wildman–Crippen LogP) is 2.36. The van der Waals surface area contributed by atoms with Crippen LogP contribution in [0.15, 0.2) is 12.7 Å². The molecule has 0 unspecified atom stereocenters. The van der Waals surface area contributed by atoms with Crippen molar-refractivity contribution in [1.29, 1.82) is 0 Å². The van der Waals surface area contributed by atoms with E-state index in [4.69, 9.17) is 4.74 Å². The molecule has 2 atom stereocenters. The molecule has 0 spiro atoms. The van der Waals surface area contributed by atoms with E-state index in [1.54, 1.807) is 0 Å². The fraction of sp³-hybridized carbons (Fsp3) is 0.833. The van der Waals surface area contributed by atoms with Crippen molar-refractivity contribution in [3.8, 4) is 0 Å². The lowest BCUT2D eigenvalue weighted by molar-refractivity contribution is 0.0207. The molecular formula is C12H23NO. The second-order valence-corrected chi connectivity index (χ2v) is 4.10. The first-order chi connectivity index (χ1) is 6.88. The summed E-state index contributed by atoms with van der Waals surface area (Å²) in [5, 5.41) is 3.35. The van der Waals surface area contributed by atoms with E-state index in [9.17, 15) is 0 Å². The van der Waals surface area contributed by atoms with Gasteiger partial charge in [-0.05, 0) is 31.7 Å². The Labute approximate surface area is 87.7 Å². The number of hydrogen-bond acceptors (Lipinski definition) is 2. The van der Waals surface area contributed by atoms with Gasteiger partial charge >= 0.3 is 0 Å². The molecule has 14 heavy (non-hydrogen) atoms. The van der Waals surface area contributed by atoms with Crippen molar-refractivity contribution in [3.05, 3.63) is 12.7 Å². The average Bonchev–Trinajstić information content (AvgIpc) is 2.25. The molecule has 0 aromatic carbocycles. The van der Waals surface area contributed by atoms with E-state index >= 15 is 0 Å². The number of methoxy groups -OCH3 is 1. The molecule has 0 radical (unpaired) electrons. The Bertz CT molecular complexity index is 158. The summed E-state index contributed by atoms with van der Waals surface area (Å²) in [6.07, 6.45) is 8.98. The molecule has 2 nitrogen and oxygen atoms in total. The van der Waals surface area contributed by atoms with E-state index in [2.05, 4.69) is 11.9 Å². The van der Waals surface area contributed by atoms with Crippen LogP contribution < -0.4 is 5.32 Å². The molecule has 1 aliphatic rings. The van der Waals surface area contributed by atoms with Crippen LogP contribution in [0.2, 0.25) is 0 Å². The third-order valence-electron chi connectivity index (χ3n) is 3.12. The molecule has 1 N–H and O–H groups in total. The minimum absolute atomic E-state index is 0.509. The van der Waals surface area contributed by atoms with Gasteiger partial charge in [0, 0.05) is 13.7 Å². The highest BCUT2D eigenvalue weighted by Crippen LogP contribution is 2.28. The molecule has 0 bridgehead atoms. The van der Waals surface area contributed by atoms with Crippen molar-refractivity contribution < 1.29 is 4.74 Å². The largest absolute Gasteiger partial charge is 0.381 e. The summed E-state index contributed by atoms with van der Waals surface area (Å²) in [5.74, 6) is 0.770. The lowest BCUT2D eigenvalue weighted by Crippen LogP contribution is -2.29. The highest BCUT2D eigenvalue weighted by molar-refractivity contribution is 4.77. The van der Waals surface area contributed by atoms with Gasteiger partial charge in [0.15, 0.2) is 0 Å². The predicted molar refractivity (Wildman–Crippen MR) is 60.4 cm³/mol. The first kappa shape index (κ1) is 11.7. The Balaban J connectivity index is 2.16. The second-order valence-electron chi connectivity index (χ2n) is 4.10. The molecule has 2 heteroatoms. The lowest BCUT2D eigenvalue weighted by atomic mass is 9.84. The summed E-state index contributed by atoms with van der Waals surface area (Å²) in [7, 11) is 1.85. The smallest absolute Gasteiger partial charge is 0.0600 e. The molecule has 0 saturated heterocycles. The topological polar surface area (TPSA) is 21.3 Å². The maximum atomic E-state index is 5.51. The van der Waals surface area contributed by atoms with Crippen molar-refractivity contribution in [2.45, 2.75) is 38.2 Å². The Morgan fingerprint density at radius 1 is 1.43 bits per heavy atom. The third-order valence-corrected chi connectivity index (χ3v) is 3.12. The first-order valence-electron chi connectivity index (χ1n) is 5.73. The summed E-state index contributed by atoms with van der Waals surface area (Å²) >= 11 is 0. The van der Waals surface area contributed by atoms with Crippen LogP contribution in [-0.4, -0.2) is 26.3 Å². The highest BCUT2D eigenvalue weighted by atomic mass is 16.5. The normalized spacial score (nSPS) is 27.5. The van der Waals surface area contributed by atoms with Gasteiger partial charge in [-0.25, -0.2) is 0 Å². The van der Waals surface area contributed by atoms with Crippen molar-refractivity contribution in [3.63, 3.8) is 0 Å². The standard InChI is InChI=1S/C12H23NO/c1-3-9-13-10-8-11-6-4-5-7-12(11)14-2/h3,11-13H,1,4-10H2,2H3/t11-,12-/m0/s1. The van der Waals surface area contributed by atoms with Gasteiger partial charge < -0.3 is 10.1 Å². The van der Waals surface area contributed by atoms with Gasteiger partial charge in [-0.1, -0.05) is 18.9 Å². The Kier molecular flexibility index (Phi) is 5.88. The van der Waals surface area contributed by atoms with Crippen LogP contribution in [-0.2, 0) is 4.74 Å². The number of rotatable bonds is 6. The second kappa shape index (κ2) is 7.02. The minimum Gasteiger partial charge on any atom is -0.381 e. The molecule has 1 rings (SSSR count). The molecule has 1 fully saturated rings. The molecule has 1 aliphatic carbocycles. The lowest BCUT2D eigenvalue weighted by Gasteiger charge is -2.30. The molecule has 0 heterocycles. The average molecular weight is 197 g/mol. The van der Waals surface area contributed by atoms with Gasteiger partial charge in [-0.15, -0.1) is 6.58 Å². The van der Waals surface area contributed by atoms with E-state index in [0.29, 0.717) is 6.10 Å². The van der Waals surface area contributed by atoms with E-state index in [0.717, 1.165) is 19.0 Å². The Hall–Kier alpha value is -0.340. The van der Waals surface area contributed by atoms with Gasteiger partial charge in [0.05, 0.1) is 6.10 Å². The fourth-order valence-corrected chi connectivity index (χ4v) is 2.31. The molecule has 0 amide bonds. The summed E-state index contributed by atoms with van der Waals surface area (Å²) in [4.78, 5) is 0. The van der Waals surface area contributed by atoms with Crippen molar-refractivity contribution in [2.75, 3.05) is 20.2 Å². The van der Waals surface area contributed by atoms with Crippen molar-refractivity contribution >= 4 is 0 Å². The van der Waals surface area contributed by atoms with E-state index in [1.807, 2.05) is 13.2 Å². The van der Waals surface area contributed by atoms with Gasteiger partial charge in [-0.2, -0.15) is 0 Å². The SMILES string of the molecule is C=CCNCC[C@@H]1CCCC[C@@H]1OC. The van der Waals surface area contributed by atoms with Gasteiger partial charge in [0.25, 0.3) is 0 Å². The summed E-state index contributed by atoms with van der Waals surface area (Å²) in [6.45, 7) is 5.70. The monoisotopic (exact) mass is 197 g/mol. The van der Waals surface area contributed by atoms with Crippen LogP contribution >= 0.6 is 0 Å². The van der Waals surface area contributed by atoms with Crippen LogP contribution in [0.3, 0.4) is 0 Å². The van der Waals surface area contributed by atoms with Gasteiger partial charge in [0.2, 0.25) is 0 Å². The van der Waals surface area contributed by atoms with Crippen molar-refractivity contribution in [2.24, 2.45) is 5.92 Å². The van der Waals surface area contributed by atoms with Gasteiger partial charge in [-0.3, -0.25) is 0 Å². The molecule has 1 saturated carbocycles. The number of nitrogens with one attached hydrogen (secondary N) is 1. The molecule has 0 aromatic heterocycles. The highest BCUT2D eigenvalue weighted by Gasteiger charge is 2.23. The number of ether oxygens (including phenoxy) is 1. The molecular weight excluding hydrogens is 174 g/mol. The summed E-state index contributed by atoms with van der Waals surface area (Å²) < 4.78 is 5.51. The Morgan fingerprint density at radius 3 is 2.93 bits per heavy atom. The van der Waals surface area contributed by atoms with Crippen LogP contribution in [0.1, 0.15) is 32.1 Å². The maximum absolute atomic E-state index is 5.51. The van der Waals surface area contributed by atoms with E-state index in [-0.39, 0.29) is 0 Å². The first-order valence-corrected chi connectivity index (χ1v) is 5.73. The van der Waals surface area contributed by atoms with E-state index < -0.39 is 0 Å². The molecule has 0 aromatic rings.